The molecule has 6 rings (SSSR count). The summed E-state index contributed by atoms with van der Waals surface area (Å²) in [5.74, 6) is -0.701. The number of thiophene rings is 2. The second kappa shape index (κ2) is 18.5. The number of phenols is 1. The number of nitrogens with zero attached hydrogens (tertiary/aromatic N) is 2. The lowest BCUT2D eigenvalue weighted by molar-refractivity contribution is -0.169. The molecule has 1 aliphatic carbocycles. The van der Waals surface area contributed by atoms with Crippen molar-refractivity contribution in [1.82, 2.24) is 19.8 Å². The van der Waals surface area contributed by atoms with Gasteiger partial charge in [-0.2, -0.15) is 0 Å². The predicted molar refractivity (Wildman–Crippen MR) is 203 cm³/mol. The number of halogens is 2. The largest absolute Gasteiger partial charge is 0.506 e. The minimum atomic E-state index is -1.80. The van der Waals surface area contributed by atoms with Crippen LogP contribution in [0, 0.1) is 0 Å². The van der Waals surface area contributed by atoms with E-state index in [0.29, 0.717) is 40.9 Å². The number of carbonyl (C=O) groups is 2. The number of rotatable bonds is 16. The van der Waals surface area contributed by atoms with Gasteiger partial charge in [0.2, 0.25) is 12.0 Å². The van der Waals surface area contributed by atoms with Crippen LogP contribution in [0.25, 0.3) is 11.0 Å². The monoisotopic (exact) mass is 773 g/mol. The Bertz CT molecular complexity index is 1940. The number of phenolic OH excluding ortho intramolecular Hbond substituents is 1. The smallest absolute Gasteiger partial charge is 0.349 e. The van der Waals surface area contributed by atoms with E-state index >= 15 is 0 Å². The number of amides is 1. The number of aromatic nitrogens is 2. The molecule has 16 heteroatoms. The Kier molecular flexibility index (Phi) is 14.4. The highest BCUT2D eigenvalue weighted by Gasteiger charge is 2.45. The van der Waals surface area contributed by atoms with Crippen LogP contribution in [-0.4, -0.2) is 74.4 Å². The Morgan fingerprint density at radius 3 is 2.42 bits per heavy atom. The zero-order valence-electron chi connectivity index (χ0n) is 29.1. The van der Waals surface area contributed by atoms with Gasteiger partial charge in [0.15, 0.2) is 0 Å². The molecular formula is C37H45F2N5O7S2. The Balaban J connectivity index is 0.00000314. The zero-order valence-corrected chi connectivity index (χ0v) is 30.7. The molecule has 1 aliphatic rings. The standard InChI is InChI=1S/C37H43N5O7S2.2FH/c1-41(26-9-11-27(12-10-26)49-35(46)37(48,33-5-2-17-50-33)34-6-3-18-51-34)15-4-16-42-30-13-7-24(19-28(30)40-36(42)47)21-38-22-32(45)25-8-14-31(44)29(20-25)39-23-43;;/h2-3,5-8,13-14,17-20,23,26-27,32,38,44-45,48H,4,9-12,15-16,21-22H2,1H3,(H,39,43)(H,40,47);2*1H/t26?,27?,32-;;/m0../s1. The quantitative estimate of drug-likeness (QED) is 0.0461. The molecule has 0 saturated heterocycles. The van der Waals surface area contributed by atoms with E-state index in [4.69, 9.17) is 4.74 Å². The van der Waals surface area contributed by atoms with E-state index in [9.17, 15) is 29.7 Å². The van der Waals surface area contributed by atoms with E-state index in [1.165, 1.54) is 34.8 Å². The summed E-state index contributed by atoms with van der Waals surface area (Å²) in [6.07, 6.45) is 3.35. The highest BCUT2D eigenvalue weighted by molar-refractivity contribution is 7.12. The SMILES string of the molecule is CN(CCCn1c(=O)[nH]c2cc(CNC[C@H](O)c3ccc(O)c(NC=O)c3)ccc21)C1CCC(OC(=O)C(O)(c2cccs2)c2cccs2)CC1.F.F. The molecule has 3 heterocycles. The molecule has 1 amide bonds. The molecule has 0 spiro atoms. The topological polar surface area (TPSA) is 169 Å². The first-order chi connectivity index (χ1) is 24.7. The number of aliphatic hydroxyl groups excluding tert-OH is 1. The van der Waals surface area contributed by atoms with Gasteiger partial charge in [-0.25, -0.2) is 9.59 Å². The fourth-order valence-corrected chi connectivity index (χ4v) is 8.46. The van der Waals surface area contributed by atoms with Crippen molar-refractivity contribution in [3.63, 3.8) is 0 Å². The van der Waals surface area contributed by atoms with Gasteiger partial charge in [-0.15, -0.1) is 22.7 Å². The third-order valence-corrected chi connectivity index (χ3v) is 11.6. The molecule has 3 aromatic heterocycles. The van der Waals surface area contributed by atoms with Crippen LogP contribution in [-0.2, 0) is 33.0 Å². The molecule has 1 saturated carbocycles. The van der Waals surface area contributed by atoms with Gasteiger partial charge in [-0.05, 0) is 104 Å². The van der Waals surface area contributed by atoms with E-state index in [-0.39, 0.29) is 39.2 Å². The maximum Gasteiger partial charge on any atom is 0.349 e. The normalized spacial score (nSPS) is 16.5. The molecule has 2 aromatic carbocycles. The molecule has 12 nitrogen and oxygen atoms in total. The molecule has 53 heavy (non-hydrogen) atoms. The number of hydrogen-bond donors (Lipinski definition) is 6. The third-order valence-electron chi connectivity index (χ3n) is 9.61. The molecule has 6 N–H and O–H groups in total. The van der Waals surface area contributed by atoms with Crippen LogP contribution in [0.5, 0.6) is 5.75 Å². The maximum absolute atomic E-state index is 13.4. The van der Waals surface area contributed by atoms with E-state index < -0.39 is 17.7 Å². The van der Waals surface area contributed by atoms with E-state index in [2.05, 4.69) is 27.6 Å². The number of H-pyrrole nitrogens is 1. The summed E-state index contributed by atoms with van der Waals surface area (Å²) in [5, 5.41) is 41.3. The van der Waals surface area contributed by atoms with Crippen molar-refractivity contribution in [1.29, 1.82) is 0 Å². The number of aromatic amines is 1. The Morgan fingerprint density at radius 1 is 1.08 bits per heavy atom. The molecule has 1 fully saturated rings. The number of esters is 1. The van der Waals surface area contributed by atoms with Gasteiger partial charge in [0.25, 0.3) is 0 Å². The number of imidazole rings is 1. The summed E-state index contributed by atoms with van der Waals surface area (Å²) in [6, 6.07) is 17.9. The summed E-state index contributed by atoms with van der Waals surface area (Å²) in [4.78, 5) is 43.4. The van der Waals surface area contributed by atoms with Crippen LogP contribution in [0.1, 0.15) is 59.1 Å². The molecule has 5 aromatic rings. The average Bonchev–Trinajstić information content (AvgIpc) is 3.92. The Hall–Kier alpha value is -4.45. The molecule has 0 radical (unpaired) electrons. The lowest BCUT2D eigenvalue weighted by atomic mass is 9.91. The summed E-state index contributed by atoms with van der Waals surface area (Å²) in [6.45, 7) is 2.09. The number of nitrogens with one attached hydrogen (secondary N) is 3. The van der Waals surface area contributed by atoms with E-state index in [0.717, 1.165) is 55.2 Å². The van der Waals surface area contributed by atoms with Crippen molar-refractivity contribution in [2.75, 3.05) is 25.5 Å². The van der Waals surface area contributed by atoms with Crippen LogP contribution in [0.3, 0.4) is 0 Å². The Morgan fingerprint density at radius 2 is 1.77 bits per heavy atom. The summed E-state index contributed by atoms with van der Waals surface area (Å²) < 4.78 is 7.68. The second-order valence-corrected chi connectivity index (χ2v) is 14.8. The summed E-state index contributed by atoms with van der Waals surface area (Å²) in [5.41, 5.74) is 1.34. The maximum atomic E-state index is 13.4. The Labute approximate surface area is 312 Å². The number of hydrogen-bond acceptors (Lipinski definition) is 11. The lowest BCUT2D eigenvalue weighted by Gasteiger charge is -2.35. The van der Waals surface area contributed by atoms with Crippen molar-refractivity contribution in [3.05, 3.63) is 103 Å². The van der Waals surface area contributed by atoms with Crippen LogP contribution in [0.4, 0.5) is 15.1 Å². The highest BCUT2D eigenvalue weighted by atomic mass is 32.1. The van der Waals surface area contributed by atoms with Gasteiger partial charge >= 0.3 is 11.7 Å². The zero-order chi connectivity index (χ0) is 36.0. The molecule has 0 aliphatic heterocycles. The number of ether oxygens (including phenoxy) is 1. The van der Waals surface area contributed by atoms with E-state index in [1.54, 1.807) is 22.8 Å². The number of anilines is 1. The number of aliphatic hydroxyl groups is 2. The third kappa shape index (κ3) is 9.38. The van der Waals surface area contributed by atoms with Gasteiger partial charge in [0.05, 0.1) is 32.6 Å². The summed E-state index contributed by atoms with van der Waals surface area (Å²) in [7, 11) is 2.10. The minimum absolute atomic E-state index is 0. The van der Waals surface area contributed by atoms with Crippen molar-refractivity contribution >= 4 is 51.8 Å². The van der Waals surface area contributed by atoms with Crippen LogP contribution < -0.4 is 16.3 Å². The van der Waals surface area contributed by atoms with E-state index in [1.807, 2.05) is 41.1 Å². The minimum Gasteiger partial charge on any atom is -0.506 e. The van der Waals surface area contributed by atoms with Gasteiger partial charge in [0.1, 0.15) is 11.9 Å². The number of aryl methyl sites for hydroxylation is 1. The predicted octanol–water partition coefficient (Wildman–Crippen LogP) is 4.97. The molecular weight excluding hydrogens is 729 g/mol. The highest BCUT2D eigenvalue weighted by Crippen LogP contribution is 2.38. The first kappa shape index (κ1) is 41.3. The number of carbonyl (C=O) groups excluding carboxylic acids is 2. The number of aromatic hydroxyl groups is 1. The van der Waals surface area contributed by atoms with Gasteiger partial charge < -0.3 is 40.6 Å². The van der Waals surface area contributed by atoms with Crippen molar-refractivity contribution in [3.8, 4) is 5.75 Å². The molecule has 286 valence electrons. The van der Waals surface area contributed by atoms with Crippen LogP contribution in [0.15, 0.2) is 76.2 Å². The fourth-order valence-electron chi connectivity index (χ4n) is 6.75. The van der Waals surface area contributed by atoms with Crippen molar-refractivity contribution in [2.24, 2.45) is 0 Å². The lowest BCUT2D eigenvalue weighted by Crippen LogP contribution is -2.42. The van der Waals surface area contributed by atoms with Crippen molar-refractivity contribution in [2.45, 2.75) is 69.0 Å². The van der Waals surface area contributed by atoms with Gasteiger partial charge in [0, 0.05) is 25.7 Å². The first-order valence-electron chi connectivity index (χ1n) is 17.0. The summed E-state index contributed by atoms with van der Waals surface area (Å²) >= 11 is 2.67. The number of benzene rings is 2. The first-order valence-corrected chi connectivity index (χ1v) is 18.8. The second-order valence-electron chi connectivity index (χ2n) is 13.0. The average molecular weight is 774 g/mol. The van der Waals surface area contributed by atoms with Crippen molar-refractivity contribution < 1.29 is 39.1 Å². The fraction of sp³-hybridized carbons (Fsp3) is 0.378. The number of fused-ring (bicyclic) bond motifs is 1. The van der Waals surface area contributed by atoms with Crippen LogP contribution in [0.2, 0.25) is 0 Å². The van der Waals surface area contributed by atoms with Gasteiger partial charge in [-0.3, -0.25) is 18.8 Å². The molecule has 1 atom stereocenters. The van der Waals surface area contributed by atoms with Crippen LogP contribution >= 0.6 is 22.7 Å². The van der Waals surface area contributed by atoms with Gasteiger partial charge in [-0.1, -0.05) is 24.3 Å². The molecule has 0 bridgehead atoms. The molecule has 0 unspecified atom stereocenters.